The maximum Gasteiger partial charge on any atom is 0.417 e. The van der Waals surface area contributed by atoms with Crippen molar-refractivity contribution in [2.45, 2.75) is 46.7 Å². The normalized spacial score (nSPS) is 12.0. The molecular formula is C34H41Cl2F3N4O3. The van der Waals surface area contributed by atoms with Gasteiger partial charge in [-0.3, -0.25) is 0 Å². The molecule has 250 valence electrons. The minimum absolute atomic E-state index is 0.0472. The number of nitrogens with zero attached hydrogens (tertiary/aromatic N) is 3. The van der Waals surface area contributed by atoms with Crippen molar-refractivity contribution in [1.29, 1.82) is 0 Å². The molecule has 0 spiro atoms. The van der Waals surface area contributed by atoms with Crippen LogP contribution in [0.5, 0.6) is 23.0 Å². The number of rotatable bonds is 17. The zero-order valence-corrected chi connectivity index (χ0v) is 28.2. The fourth-order valence-corrected chi connectivity index (χ4v) is 5.48. The molecule has 0 fully saturated rings. The van der Waals surface area contributed by atoms with Crippen LogP contribution in [0.4, 0.5) is 13.2 Å². The van der Waals surface area contributed by atoms with E-state index in [1.807, 2.05) is 12.1 Å². The summed E-state index contributed by atoms with van der Waals surface area (Å²) in [4.78, 5) is 12.8. The smallest absolute Gasteiger partial charge is 0.417 e. The van der Waals surface area contributed by atoms with Gasteiger partial charge in [-0.05, 0) is 69.4 Å². The highest BCUT2D eigenvalue weighted by molar-refractivity contribution is 6.31. The van der Waals surface area contributed by atoms with Gasteiger partial charge in [0.15, 0.2) is 5.75 Å². The van der Waals surface area contributed by atoms with Crippen molar-refractivity contribution < 1.29 is 27.4 Å². The summed E-state index contributed by atoms with van der Waals surface area (Å²) in [5.74, 6) is 1.82. The lowest BCUT2D eigenvalue weighted by atomic mass is 10.1. The molecule has 0 bridgehead atoms. The van der Waals surface area contributed by atoms with E-state index >= 15 is 0 Å². The molecule has 12 heteroatoms. The van der Waals surface area contributed by atoms with Gasteiger partial charge >= 0.3 is 6.18 Å². The third-order valence-electron chi connectivity index (χ3n) is 7.75. The molecule has 0 aliphatic heterocycles. The van der Waals surface area contributed by atoms with Crippen LogP contribution in [0.1, 0.15) is 46.1 Å². The number of imidazole rings is 1. The number of halogens is 5. The van der Waals surface area contributed by atoms with Crippen molar-refractivity contribution >= 4 is 34.2 Å². The Labute approximate surface area is 278 Å². The molecule has 0 atom stereocenters. The van der Waals surface area contributed by atoms with Gasteiger partial charge in [0.05, 0.1) is 34.9 Å². The Morgan fingerprint density at radius 1 is 0.761 bits per heavy atom. The van der Waals surface area contributed by atoms with Crippen LogP contribution in [-0.2, 0) is 6.18 Å². The minimum atomic E-state index is -4.64. The molecule has 1 N–H and O–H groups in total. The first kappa shape index (κ1) is 35.7. The van der Waals surface area contributed by atoms with Gasteiger partial charge in [0.2, 0.25) is 0 Å². The van der Waals surface area contributed by atoms with Gasteiger partial charge in [-0.25, -0.2) is 4.98 Å². The standard InChI is InChI=1S/C34H41Cl2F3N4O3/c1-5-42(6-2)15-9-17-44-25-21-29-32(31(22-25)45-18-10-16-43(7-3)8-4)41-33(40-29)26-13-11-23(35)19-30(26)46-24-12-14-28(36)27(20-24)34(37,38)39/h11-14,19-22H,5-10,15-18H2,1-4H3,(H,40,41). The highest BCUT2D eigenvalue weighted by atomic mass is 35.5. The minimum Gasteiger partial charge on any atom is -0.493 e. The Bertz CT molecular complexity index is 1570. The average molecular weight is 682 g/mol. The Kier molecular flexibility index (Phi) is 12.9. The number of benzene rings is 3. The molecule has 0 amide bonds. The molecule has 0 saturated carbocycles. The second kappa shape index (κ2) is 16.6. The number of aromatic nitrogens is 2. The van der Waals surface area contributed by atoms with Crippen molar-refractivity contribution in [2.24, 2.45) is 0 Å². The topological polar surface area (TPSA) is 62.9 Å². The van der Waals surface area contributed by atoms with E-state index in [1.165, 1.54) is 12.1 Å². The van der Waals surface area contributed by atoms with Gasteiger partial charge < -0.3 is 29.0 Å². The highest BCUT2D eigenvalue weighted by Crippen LogP contribution is 2.41. The molecule has 4 aromatic rings. The fraction of sp³-hybridized carbons (Fsp3) is 0.441. The van der Waals surface area contributed by atoms with Crippen LogP contribution >= 0.6 is 23.2 Å². The van der Waals surface area contributed by atoms with Gasteiger partial charge in [0.1, 0.15) is 28.6 Å². The first-order valence-electron chi connectivity index (χ1n) is 15.6. The van der Waals surface area contributed by atoms with E-state index in [0.717, 1.165) is 64.2 Å². The number of nitrogens with one attached hydrogen (secondary N) is 1. The van der Waals surface area contributed by atoms with Gasteiger partial charge in [0.25, 0.3) is 0 Å². The van der Waals surface area contributed by atoms with E-state index in [2.05, 4.69) is 42.5 Å². The molecule has 0 unspecified atom stereocenters. The summed E-state index contributed by atoms with van der Waals surface area (Å²) < 4.78 is 58.9. The second-order valence-electron chi connectivity index (χ2n) is 10.7. The number of hydrogen-bond donors (Lipinski definition) is 1. The lowest BCUT2D eigenvalue weighted by Crippen LogP contribution is -2.25. The summed E-state index contributed by atoms with van der Waals surface area (Å²) in [5.41, 5.74) is 0.784. The third kappa shape index (κ3) is 9.44. The SMILES string of the molecule is CCN(CC)CCCOc1cc(OCCCN(CC)CC)c2nc(-c3ccc(Cl)cc3Oc3ccc(Cl)c(C(F)(F)F)c3)[nH]c2c1. The maximum atomic E-state index is 13.5. The first-order chi connectivity index (χ1) is 22.1. The molecule has 0 aliphatic carbocycles. The number of fused-ring (bicyclic) bond motifs is 1. The van der Waals surface area contributed by atoms with E-state index in [4.69, 9.17) is 42.4 Å². The van der Waals surface area contributed by atoms with Crippen LogP contribution in [-0.4, -0.2) is 72.3 Å². The Balaban J connectivity index is 1.65. The molecular weight excluding hydrogens is 640 g/mol. The second-order valence-corrected chi connectivity index (χ2v) is 11.6. The number of H-pyrrole nitrogens is 1. The largest absolute Gasteiger partial charge is 0.493 e. The summed E-state index contributed by atoms with van der Waals surface area (Å²) in [7, 11) is 0. The van der Waals surface area contributed by atoms with Crippen LogP contribution in [0.25, 0.3) is 22.4 Å². The van der Waals surface area contributed by atoms with Crippen LogP contribution in [0.3, 0.4) is 0 Å². The Morgan fingerprint density at radius 2 is 1.41 bits per heavy atom. The van der Waals surface area contributed by atoms with Crippen molar-refractivity contribution in [3.63, 3.8) is 0 Å². The predicted molar refractivity (Wildman–Crippen MR) is 179 cm³/mol. The summed E-state index contributed by atoms with van der Waals surface area (Å²) in [6, 6.07) is 12.0. The van der Waals surface area contributed by atoms with Crippen molar-refractivity contribution in [3.8, 4) is 34.4 Å². The van der Waals surface area contributed by atoms with Gasteiger partial charge in [-0.1, -0.05) is 50.9 Å². The molecule has 3 aromatic carbocycles. The number of ether oxygens (including phenoxy) is 3. The summed E-state index contributed by atoms with van der Waals surface area (Å²) in [6.07, 6.45) is -2.93. The van der Waals surface area contributed by atoms with Crippen LogP contribution < -0.4 is 14.2 Å². The van der Waals surface area contributed by atoms with E-state index in [0.29, 0.717) is 52.2 Å². The van der Waals surface area contributed by atoms with Crippen molar-refractivity contribution in [3.05, 3.63) is 64.1 Å². The van der Waals surface area contributed by atoms with E-state index in [9.17, 15) is 13.2 Å². The average Bonchev–Trinajstić information content (AvgIpc) is 3.46. The molecule has 1 heterocycles. The Morgan fingerprint density at radius 3 is 2.04 bits per heavy atom. The van der Waals surface area contributed by atoms with Gasteiger partial charge in [-0.15, -0.1) is 0 Å². The highest BCUT2D eigenvalue weighted by Gasteiger charge is 2.33. The van der Waals surface area contributed by atoms with Gasteiger partial charge in [0, 0.05) is 36.3 Å². The van der Waals surface area contributed by atoms with E-state index < -0.39 is 16.8 Å². The molecule has 0 radical (unpaired) electrons. The quantitative estimate of drug-likeness (QED) is 0.112. The predicted octanol–water partition coefficient (Wildman–Crippen LogP) is 9.57. The zero-order chi connectivity index (χ0) is 33.3. The van der Waals surface area contributed by atoms with Crippen molar-refractivity contribution in [2.75, 3.05) is 52.5 Å². The summed E-state index contributed by atoms with van der Waals surface area (Å²) in [6.45, 7) is 15.4. The number of hydrogen-bond acceptors (Lipinski definition) is 6. The fourth-order valence-electron chi connectivity index (χ4n) is 5.10. The van der Waals surface area contributed by atoms with Crippen LogP contribution in [0, 0.1) is 0 Å². The molecule has 0 aliphatic rings. The lowest BCUT2D eigenvalue weighted by Gasteiger charge is -2.18. The summed E-state index contributed by atoms with van der Waals surface area (Å²) >= 11 is 12.1. The Hall–Kier alpha value is -3.18. The summed E-state index contributed by atoms with van der Waals surface area (Å²) in [5, 5.41) is -0.0725. The number of aromatic amines is 1. The first-order valence-corrected chi connectivity index (χ1v) is 16.4. The lowest BCUT2D eigenvalue weighted by molar-refractivity contribution is -0.137. The zero-order valence-electron chi connectivity index (χ0n) is 26.6. The molecule has 7 nitrogen and oxygen atoms in total. The van der Waals surface area contributed by atoms with Gasteiger partial charge in [-0.2, -0.15) is 13.2 Å². The van der Waals surface area contributed by atoms with E-state index in [1.54, 1.807) is 12.1 Å². The molecule has 1 aromatic heterocycles. The molecule has 0 saturated heterocycles. The van der Waals surface area contributed by atoms with Crippen LogP contribution in [0.2, 0.25) is 10.0 Å². The number of alkyl halides is 3. The van der Waals surface area contributed by atoms with E-state index in [-0.39, 0.29) is 11.5 Å². The molecule has 4 rings (SSSR count). The van der Waals surface area contributed by atoms with Crippen molar-refractivity contribution in [1.82, 2.24) is 19.8 Å². The van der Waals surface area contributed by atoms with Crippen LogP contribution in [0.15, 0.2) is 48.5 Å². The monoisotopic (exact) mass is 680 g/mol. The molecule has 46 heavy (non-hydrogen) atoms. The third-order valence-corrected chi connectivity index (χ3v) is 8.31. The maximum absolute atomic E-state index is 13.5.